The standard InChI is InChI=1S/C17H17FO2/c1-11(2)17-15(19)9-13(10-16(17)20)7-6-12-4-3-5-14(18)8-12/h3-11,19-20H,1-2H3/b7-6+. The molecule has 0 bridgehead atoms. The molecule has 0 radical (unpaired) electrons. The number of benzene rings is 2. The van der Waals surface area contributed by atoms with Crippen molar-refractivity contribution in [2.24, 2.45) is 0 Å². The van der Waals surface area contributed by atoms with Gasteiger partial charge in [0.1, 0.15) is 17.3 Å². The molecule has 0 aliphatic carbocycles. The lowest BCUT2D eigenvalue weighted by Crippen LogP contribution is -1.90. The molecular weight excluding hydrogens is 255 g/mol. The van der Waals surface area contributed by atoms with E-state index in [1.807, 2.05) is 13.8 Å². The third-order valence-electron chi connectivity index (χ3n) is 3.05. The van der Waals surface area contributed by atoms with Crippen LogP contribution in [0.4, 0.5) is 4.39 Å². The zero-order valence-electron chi connectivity index (χ0n) is 11.5. The molecular formula is C17H17FO2. The SMILES string of the molecule is CC(C)c1c(O)cc(/C=C/c2cccc(F)c2)cc1O. The van der Waals surface area contributed by atoms with E-state index >= 15 is 0 Å². The minimum atomic E-state index is -0.298. The van der Waals surface area contributed by atoms with Crippen LogP contribution in [0.25, 0.3) is 12.2 Å². The third kappa shape index (κ3) is 3.18. The van der Waals surface area contributed by atoms with E-state index in [9.17, 15) is 14.6 Å². The van der Waals surface area contributed by atoms with Gasteiger partial charge in [-0.15, -0.1) is 0 Å². The number of hydrogen-bond acceptors (Lipinski definition) is 2. The molecule has 2 N–H and O–H groups in total. The fourth-order valence-electron chi connectivity index (χ4n) is 2.13. The van der Waals surface area contributed by atoms with E-state index in [1.165, 1.54) is 12.1 Å². The molecule has 0 saturated carbocycles. The number of phenols is 2. The predicted octanol–water partition coefficient (Wildman–Crippen LogP) is 4.53. The second-order valence-electron chi connectivity index (χ2n) is 5.02. The normalized spacial score (nSPS) is 11.4. The first-order valence-electron chi connectivity index (χ1n) is 6.47. The van der Waals surface area contributed by atoms with E-state index in [4.69, 9.17) is 0 Å². The molecule has 2 aromatic carbocycles. The fourth-order valence-corrected chi connectivity index (χ4v) is 2.13. The van der Waals surface area contributed by atoms with E-state index in [0.29, 0.717) is 11.1 Å². The van der Waals surface area contributed by atoms with Gasteiger partial charge < -0.3 is 10.2 Å². The van der Waals surface area contributed by atoms with Gasteiger partial charge in [0.15, 0.2) is 0 Å². The summed E-state index contributed by atoms with van der Waals surface area (Å²) in [7, 11) is 0. The van der Waals surface area contributed by atoms with E-state index < -0.39 is 0 Å². The van der Waals surface area contributed by atoms with Crippen molar-refractivity contribution < 1.29 is 14.6 Å². The summed E-state index contributed by atoms with van der Waals surface area (Å²) in [5, 5.41) is 19.9. The number of phenolic OH excluding ortho intramolecular Hbond substituents is 2. The molecule has 0 spiro atoms. The van der Waals surface area contributed by atoms with Crippen LogP contribution in [0, 0.1) is 5.82 Å². The molecule has 0 fully saturated rings. The molecule has 0 amide bonds. The summed E-state index contributed by atoms with van der Waals surface area (Å²) >= 11 is 0. The Balaban J connectivity index is 2.31. The summed E-state index contributed by atoms with van der Waals surface area (Å²) in [6.45, 7) is 3.80. The Hall–Kier alpha value is -2.29. The fraction of sp³-hybridized carbons (Fsp3) is 0.176. The van der Waals surface area contributed by atoms with Crippen LogP contribution in [0.1, 0.15) is 36.5 Å². The van der Waals surface area contributed by atoms with Crippen molar-refractivity contribution in [1.82, 2.24) is 0 Å². The maximum absolute atomic E-state index is 13.0. The molecule has 2 nitrogen and oxygen atoms in total. The first-order chi connectivity index (χ1) is 9.47. The van der Waals surface area contributed by atoms with Crippen LogP contribution in [0.5, 0.6) is 11.5 Å². The van der Waals surface area contributed by atoms with Crippen LogP contribution >= 0.6 is 0 Å². The number of halogens is 1. The largest absolute Gasteiger partial charge is 0.507 e. The van der Waals surface area contributed by atoms with E-state index in [0.717, 1.165) is 5.56 Å². The van der Waals surface area contributed by atoms with Gasteiger partial charge in [-0.05, 0) is 41.3 Å². The van der Waals surface area contributed by atoms with Crippen LogP contribution in [0.15, 0.2) is 36.4 Å². The van der Waals surface area contributed by atoms with Crippen LogP contribution in [-0.4, -0.2) is 10.2 Å². The smallest absolute Gasteiger partial charge is 0.123 e. The lowest BCUT2D eigenvalue weighted by atomic mass is 9.98. The average molecular weight is 272 g/mol. The van der Waals surface area contributed by atoms with Crippen molar-refractivity contribution in [3.63, 3.8) is 0 Å². The van der Waals surface area contributed by atoms with Crippen molar-refractivity contribution in [2.45, 2.75) is 19.8 Å². The lowest BCUT2D eigenvalue weighted by Gasteiger charge is -2.11. The van der Waals surface area contributed by atoms with Crippen LogP contribution in [-0.2, 0) is 0 Å². The third-order valence-corrected chi connectivity index (χ3v) is 3.05. The van der Waals surface area contributed by atoms with Gasteiger partial charge >= 0.3 is 0 Å². The first-order valence-corrected chi connectivity index (χ1v) is 6.47. The van der Waals surface area contributed by atoms with Crippen LogP contribution in [0.2, 0.25) is 0 Å². The minimum absolute atomic E-state index is 0.0382. The molecule has 0 atom stereocenters. The zero-order chi connectivity index (χ0) is 14.7. The molecule has 20 heavy (non-hydrogen) atoms. The molecule has 0 aliphatic heterocycles. The number of rotatable bonds is 3. The molecule has 2 rings (SSSR count). The van der Waals surface area contributed by atoms with Gasteiger partial charge in [-0.1, -0.05) is 38.1 Å². The Labute approximate surface area is 117 Å². The Morgan fingerprint density at radius 2 is 1.55 bits per heavy atom. The van der Waals surface area contributed by atoms with Gasteiger partial charge in [-0.3, -0.25) is 0 Å². The predicted molar refractivity (Wildman–Crippen MR) is 79.2 cm³/mol. The first kappa shape index (κ1) is 14.1. The molecule has 2 aromatic rings. The van der Waals surface area contributed by atoms with Gasteiger partial charge in [0.05, 0.1) is 0 Å². The number of hydrogen-bond donors (Lipinski definition) is 2. The Morgan fingerprint density at radius 1 is 0.950 bits per heavy atom. The van der Waals surface area contributed by atoms with Gasteiger partial charge in [0, 0.05) is 5.56 Å². The minimum Gasteiger partial charge on any atom is -0.507 e. The summed E-state index contributed by atoms with van der Waals surface area (Å²) < 4.78 is 13.0. The van der Waals surface area contributed by atoms with E-state index in [2.05, 4.69) is 0 Å². The van der Waals surface area contributed by atoms with Gasteiger partial charge in [-0.25, -0.2) is 4.39 Å². The second kappa shape index (κ2) is 5.78. The maximum atomic E-state index is 13.0. The lowest BCUT2D eigenvalue weighted by molar-refractivity contribution is 0.433. The summed E-state index contributed by atoms with van der Waals surface area (Å²) in [6, 6.07) is 9.38. The zero-order valence-corrected chi connectivity index (χ0v) is 11.5. The molecule has 0 unspecified atom stereocenters. The summed E-state index contributed by atoms with van der Waals surface area (Å²) in [5.74, 6) is -0.123. The van der Waals surface area contributed by atoms with Gasteiger partial charge in [0.2, 0.25) is 0 Å². The monoisotopic (exact) mass is 272 g/mol. The average Bonchev–Trinajstić information content (AvgIpc) is 2.35. The van der Waals surface area contributed by atoms with Crippen LogP contribution in [0.3, 0.4) is 0 Å². The molecule has 0 aliphatic rings. The van der Waals surface area contributed by atoms with Crippen molar-refractivity contribution in [1.29, 1.82) is 0 Å². The molecule has 0 saturated heterocycles. The van der Waals surface area contributed by atoms with Crippen LogP contribution < -0.4 is 0 Å². The van der Waals surface area contributed by atoms with Gasteiger partial charge in [0.25, 0.3) is 0 Å². The quantitative estimate of drug-likeness (QED) is 0.806. The van der Waals surface area contributed by atoms with Crippen molar-refractivity contribution in [3.05, 3.63) is 58.9 Å². The topological polar surface area (TPSA) is 40.5 Å². The van der Waals surface area contributed by atoms with Crippen molar-refractivity contribution in [3.8, 4) is 11.5 Å². The Bertz CT molecular complexity index is 622. The van der Waals surface area contributed by atoms with Crippen molar-refractivity contribution >= 4 is 12.2 Å². The van der Waals surface area contributed by atoms with E-state index in [-0.39, 0.29) is 23.2 Å². The van der Waals surface area contributed by atoms with Crippen molar-refractivity contribution in [2.75, 3.05) is 0 Å². The maximum Gasteiger partial charge on any atom is 0.123 e. The highest BCUT2D eigenvalue weighted by atomic mass is 19.1. The summed E-state index contributed by atoms with van der Waals surface area (Å²) in [5.41, 5.74) is 1.92. The highest BCUT2D eigenvalue weighted by Gasteiger charge is 2.12. The molecule has 104 valence electrons. The highest BCUT2D eigenvalue weighted by Crippen LogP contribution is 2.35. The Morgan fingerprint density at radius 3 is 2.10 bits per heavy atom. The van der Waals surface area contributed by atoms with E-state index in [1.54, 1.807) is 36.4 Å². The highest BCUT2D eigenvalue weighted by molar-refractivity contribution is 5.71. The molecule has 0 aromatic heterocycles. The summed E-state index contributed by atoms with van der Waals surface area (Å²) in [4.78, 5) is 0. The Kier molecular flexibility index (Phi) is 4.08. The number of aromatic hydroxyl groups is 2. The van der Waals surface area contributed by atoms with Gasteiger partial charge in [-0.2, -0.15) is 0 Å². The molecule has 0 heterocycles. The summed E-state index contributed by atoms with van der Waals surface area (Å²) in [6.07, 6.45) is 3.45. The second-order valence-corrected chi connectivity index (χ2v) is 5.02. The molecule has 3 heteroatoms.